The Bertz CT molecular complexity index is 481. The van der Waals surface area contributed by atoms with Gasteiger partial charge in [0.25, 0.3) is 0 Å². The molecule has 0 spiro atoms. The minimum Gasteiger partial charge on any atom is -0.478 e. The van der Waals surface area contributed by atoms with Crippen molar-refractivity contribution < 1.29 is 23.1 Å². The van der Waals surface area contributed by atoms with Gasteiger partial charge in [-0.3, -0.25) is 0 Å². The molecule has 2 rings (SSSR count). The molecule has 1 saturated carbocycles. The lowest BCUT2D eigenvalue weighted by Gasteiger charge is -2.12. The van der Waals surface area contributed by atoms with E-state index in [0.717, 1.165) is 12.5 Å². The van der Waals surface area contributed by atoms with E-state index in [1.54, 1.807) is 0 Å². The third-order valence-corrected chi connectivity index (χ3v) is 3.14. The monoisotopic (exact) mass is 273 g/mol. The van der Waals surface area contributed by atoms with Crippen molar-refractivity contribution in [1.82, 2.24) is 0 Å². The van der Waals surface area contributed by atoms with Gasteiger partial charge >= 0.3 is 12.1 Å². The maximum absolute atomic E-state index is 12.5. The van der Waals surface area contributed by atoms with Crippen LogP contribution in [0.2, 0.25) is 0 Å². The van der Waals surface area contributed by atoms with Crippen molar-refractivity contribution in [3.05, 3.63) is 29.3 Å². The molecule has 0 bridgehead atoms. The van der Waals surface area contributed by atoms with Gasteiger partial charge in [-0.25, -0.2) is 4.79 Å². The minimum atomic E-state index is -4.53. The van der Waals surface area contributed by atoms with Crippen LogP contribution < -0.4 is 5.32 Å². The van der Waals surface area contributed by atoms with Crippen LogP contribution in [0.3, 0.4) is 0 Å². The fourth-order valence-corrected chi connectivity index (χ4v) is 1.87. The van der Waals surface area contributed by atoms with Crippen molar-refractivity contribution in [2.75, 3.05) is 11.9 Å². The van der Waals surface area contributed by atoms with Crippen molar-refractivity contribution in [2.24, 2.45) is 5.92 Å². The molecular formula is C13H14F3NO2. The first-order chi connectivity index (χ1) is 8.88. The summed E-state index contributed by atoms with van der Waals surface area (Å²) in [6.45, 7) is 0.580. The van der Waals surface area contributed by atoms with E-state index < -0.39 is 17.7 Å². The Morgan fingerprint density at radius 2 is 2.05 bits per heavy atom. The molecule has 1 fully saturated rings. The predicted molar refractivity (Wildman–Crippen MR) is 64.2 cm³/mol. The summed E-state index contributed by atoms with van der Waals surface area (Å²) >= 11 is 0. The Morgan fingerprint density at radius 1 is 1.37 bits per heavy atom. The number of carboxylic acids is 1. The van der Waals surface area contributed by atoms with Crippen molar-refractivity contribution in [3.8, 4) is 0 Å². The topological polar surface area (TPSA) is 49.3 Å². The number of nitrogens with one attached hydrogen (secondary N) is 1. The largest absolute Gasteiger partial charge is 0.478 e. The molecule has 0 aromatic heterocycles. The molecule has 0 saturated heterocycles. The fourth-order valence-electron chi connectivity index (χ4n) is 1.87. The van der Waals surface area contributed by atoms with Gasteiger partial charge in [-0.05, 0) is 30.5 Å². The van der Waals surface area contributed by atoms with Crippen LogP contribution in [0.15, 0.2) is 18.2 Å². The van der Waals surface area contributed by atoms with Crippen molar-refractivity contribution in [1.29, 1.82) is 0 Å². The third kappa shape index (κ3) is 3.62. The first kappa shape index (κ1) is 13.7. The second-order valence-electron chi connectivity index (χ2n) is 4.72. The smallest absolute Gasteiger partial charge is 0.416 e. The molecule has 1 aromatic carbocycles. The first-order valence-corrected chi connectivity index (χ1v) is 6.06. The average molecular weight is 273 g/mol. The SMILES string of the molecule is O=C(O)c1cc(C(F)(F)F)ccc1NCCC1CC1. The summed E-state index contributed by atoms with van der Waals surface area (Å²) in [7, 11) is 0. The number of aromatic carboxylic acids is 1. The van der Waals surface area contributed by atoms with Gasteiger partial charge in [0.1, 0.15) is 0 Å². The van der Waals surface area contributed by atoms with Crippen molar-refractivity contribution in [2.45, 2.75) is 25.4 Å². The lowest BCUT2D eigenvalue weighted by Crippen LogP contribution is -2.11. The number of carbonyl (C=O) groups is 1. The number of halogens is 3. The molecule has 1 aliphatic rings. The number of alkyl halides is 3. The summed E-state index contributed by atoms with van der Waals surface area (Å²) in [4.78, 5) is 11.0. The van der Waals surface area contributed by atoms with Crippen LogP contribution in [-0.2, 0) is 6.18 Å². The van der Waals surface area contributed by atoms with Gasteiger partial charge in [-0.15, -0.1) is 0 Å². The van der Waals surface area contributed by atoms with E-state index in [0.29, 0.717) is 18.5 Å². The van der Waals surface area contributed by atoms with E-state index in [-0.39, 0.29) is 11.3 Å². The van der Waals surface area contributed by atoms with E-state index >= 15 is 0 Å². The highest BCUT2D eigenvalue weighted by atomic mass is 19.4. The number of hydrogen-bond acceptors (Lipinski definition) is 2. The van der Waals surface area contributed by atoms with Crippen LogP contribution in [0, 0.1) is 5.92 Å². The summed E-state index contributed by atoms with van der Waals surface area (Å²) in [6.07, 6.45) is -1.25. The Hall–Kier alpha value is -1.72. The summed E-state index contributed by atoms with van der Waals surface area (Å²) in [5.41, 5.74) is -1.05. The molecule has 1 aromatic rings. The predicted octanol–water partition coefficient (Wildman–Crippen LogP) is 3.62. The Balaban J connectivity index is 2.14. The highest BCUT2D eigenvalue weighted by molar-refractivity contribution is 5.94. The normalized spacial score (nSPS) is 15.3. The Morgan fingerprint density at radius 3 is 2.58 bits per heavy atom. The molecule has 6 heteroatoms. The summed E-state index contributed by atoms with van der Waals surface area (Å²) in [5, 5.41) is 11.9. The first-order valence-electron chi connectivity index (χ1n) is 6.06. The molecule has 104 valence electrons. The fraction of sp³-hybridized carbons (Fsp3) is 0.462. The molecule has 0 aliphatic heterocycles. The maximum Gasteiger partial charge on any atom is 0.416 e. The van der Waals surface area contributed by atoms with Crippen LogP contribution in [0.5, 0.6) is 0 Å². The molecule has 0 amide bonds. The van der Waals surface area contributed by atoms with Crippen molar-refractivity contribution >= 4 is 11.7 Å². The molecule has 1 aliphatic carbocycles. The van der Waals surface area contributed by atoms with Gasteiger partial charge in [0.05, 0.1) is 11.1 Å². The molecule has 0 atom stereocenters. The van der Waals surface area contributed by atoms with Crippen LogP contribution in [-0.4, -0.2) is 17.6 Å². The van der Waals surface area contributed by atoms with E-state index in [4.69, 9.17) is 5.11 Å². The van der Waals surface area contributed by atoms with Gasteiger partial charge in [0.2, 0.25) is 0 Å². The van der Waals surface area contributed by atoms with Gasteiger partial charge in [0.15, 0.2) is 0 Å². The van der Waals surface area contributed by atoms with Crippen LogP contribution in [0.4, 0.5) is 18.9 Å². The zero-order valence-electron chi connectivity index (χ0n) is 10.1. The Kier molecular flexibility index (Phi) is 3.68. The summed E-state index contributed by atoms with van der Waals surface area (Å²) in [6, 6.07) is 2.74. The zero-order chi connectivity index (χ0) is 14.0. The van der Waals surface area contributed by atoms with Crippen LogP contribution >= 0.6 is 0 Å². The van der Waals surface area contributed by atoms with E-state index in [2.05, 4.69) is 5.32 Å². The van der Waals surface area contributed by atoms with E-state index in [1.807, 2.05) is 0 Å². The number of hydrogen-bond donors (Lipinski definition) is 2. The second kappa shape index (κ2) is 5.11. The molecule has 2 N–H and O–H groups in total. The lowest BCUT2D eigenvalue weighted by atomic mass is 10.1. The van der Waals surface area contributed by atoms with Gasteiger partial charge in [-0.2, -0.15) is 13.2 Å². The maximum atomic E-state index is 12.5. The number of anilines is 1. The van der Waals surface area contributed by atoms with Crippen LogP contribution in [0.1, 0.15) is 35.2 Å². The highest BCUT2D eigenvalue weighted by Gasteiger charge is 2.31. The molecular weight excluding hydrogens is 259 g/mol. The van der Waals surface area contributed by atoms with Crippen molar-refractivity contribution in [3.63, 3.8) is 0 Å². The second-order valence-corrected chi connectivity index (χ2v) is 4.72. The summed E-state index contributed by atoms with van der Waals surface area (Å²) in [5.74, 6) is -0.685. The minimum absolute atomic E-state index is 0.237. The number of rotatable bonds is 5. The number of benzene rings is 1. The van der Waals surface area contributed by atoms with Gasteiger partial charge < -0.3 is 10.4 Å². The molecule has 19 heavy (non-hydrogen) atoms. The molecule has 0 radical (unpaired) electrons. The third-order valence-electron chi connectivity index (χ3n) is 3.14. The molecule has 0 unspecified atom stereocenters. The Labute approximate surface area is 108 Å². The van der Waals surface area contributed by atoms with E-state index in [9.17, 15) is 18.0 Å². The summed E-state index contributed by atoms with van der Waals surface area (Å²) < 4.78 is 37.5. The average Bonchev–Trinajstić information content (AvgIpc) is 3.11. The zero-order valence-corrected chi connectivity index (χ0v) is 10.1. The number of carboxylic acid groups (broad SMARTS) is 1. The van der Waals surface area contributed by atoms with Gasteiger partial charge in [0, 0.05) is 12.2 Å². The van der Waals surface area contributed by atoms with Gasteiger partial charge in [-0.1, -0.05) is 12.8 Å². The highest BCUT2D eigenvalue weighted by Crippen LogP contribution is 2.33. The quantitative estimate of drug-likeness (QED) is 0.861. The molecule has 0 heterocycles. The molecule has 3 nitrogen and oxygen atoms in total. The lowest BCUT2D eigenvalue weighted by molar-refractivity contribution is -0.137. The standard InChI is InChI=1S/C13H14F3NO2/c14-13(15,16)9-3-4-11(10(7-9)12(18)19)17-6-5-8-1-2-8/h3-4,7-8,17H,1-2,5-6H2,(H,18,19). The van der Waals surface area contributed by atoms with Crippen LogP contribution in [0.25, 0.3) is 0 Å². The van der Waals surface area contributed by atoms with E-state index in [1.165, 1.54) is 18.9 Å².